The van der Waals surface area contributed by atoms with Crippen LogP contribution in [0.15, 0.2) is 18.5 Å². The van der Waals surface area contributed by atoms with Crippen LogP contribution in [0.4, 0.5) is 13.2 Å². The van der Waals surface area contributed by atoms with Crippen molar-refractivity contribution in [1.29, 1.82) is 0 Å². The zero-order chi connectivity index (χ0) is 11.4. The fourth-order valence-corrected chi connectivity index (χ4v) is 1.21. The summed E-state index contributed by atoms with van der Waals surface area (Å²) in [7, 11) is 0. The Bertz CT molecular complexity index is 357. The van der Waals surface area contributed by atoms with E-state index in [9.17, 15) is 18.0 Å². The van der Waals surface area contributed by atoms with Crippen LogP contribution in [0.3, 0.4) is 0 Å². The highest BCUT2D eigenvalue weighted by atomic mass is 19.3. The maximum absolute atomic E-state index is 13.1. The van der Waals surface area contributed by atoms with Gasteiger partial charge in [0.25, 0.3) is 0 Å². The maximum atomic E-state index is 13.1. The van der Waals surface area contributed by atoms with E-state index in [-0.39, 0.29) is 5.56 Å². The topological polar surface area (TPSA) is 50.2 Å². The Morgan fingerprint density at radius 1 is 1.53 bits per heavy atom. The number of hydrogen-bond donors (Lipinski definition) is 1. The van der Waals surface area contributed by atoms with Crippen LogP contribution in [0, 0.1) is 5.82 Å². The molecule has 1 aromatic heterocycles. The lowest BCUT2D eigenvalue weighted by Gasteiger charge is -2.14. The highest BCUT2D eigenvalue weighted by Crippen LogP contribution is 2.28. The van der Waals surface area contributed by atoms with E-state index in [1.165, 1.54) is 0 Å². The summed E-state index contributed by atoms with van der Waals surface area (Å²) in [6.07, 6.45) is -1.79. The Kier molecular flexibility index (Phi) is 3.65. The molecule has 1 rings (SSSR count). The zero-order valence-corrected chi connectivity index (χ0v) is 7.53. The van der Waals surface area contributed by atoms with Crippen LogP contribution in [0.2, 0.25) is 0 Å². The molecule has 0 aromatic carbocycles. The van der Waals surface area contributed by atoms with E-state index < -0.39 is 30.6 Å². The van der Waals surface area contributed by atoms with Gasteiger partial charge < -0.3 is 5.11 Å². The minimum absolute atomic E-state index is 0.317. The van der Waals surface area contributed by atoms with E-state index in [0.29, 0.717) is 0 Å². The molecule has 1 N–H and O–H groups in total. The molecule has 15 heavy (non-hydrogen) atoms. The number of pyridine rings is 1. The average molecular weight is 219 g/mol. The van der Waals surface area contributed by atoms with E-state index in [1.54, 1.807) is 0 Å². The van der Waals surface area contributed by atoms with Gasteiger partial charge in [-0.3, -0.25) is 9.78 Å². The second kappa shape index (κ2) is 4.77. The number of carboxylic acid groups (broad SMARTS) is 1. The van der Waals surface area contributed by atoms with Gasteiger partial charge in [0.15, 0.2) is 0 Å². The second-order valence-corrected chi connectivity index (χ2v) is 2.94. The predicted octanol–water partition coefficient (Wildman–Crippen LogP) is 2.04. The van der Waals surface area contributed by atoms with Gasteiger partial charge in [0.05, 0.1) is 18.5 Å². The molecule has 6 heteroatoms. The van der Waals surface area contributed by atoms with Crippen LogP contribution in [0.1, 0.15) is 17.9 Å². The van der Waals surface area contributed by atoms with Crippen molar-refractivity contribution < 1.29 is 23.1 Å². The molecule has 0 saturated carbocycles. The van der Waals surface area contributed by atoms with E-state index in [1.807, 2.05) is 0 Å². The van der Waals surface area contributed by atoms with Crippen molar-refractivity contribution >= 4 is 5.97 Å². The van der Waals surface area contributed by atoms with Crippen molar-refractivity contribution in [3.63, 3.8) is 0 Å². The average Bonchev–Trinajstić information content (AvgIpc) is 2.15. The zero-order valence-electron chi connectivity index (χ0n) is 7.53. The number of carboxylic acids is 1. The summed E-state index contributed by atoms with van der Waals surface area (Å²) >= 11 is 0. The van der Waals surface area contributed by atoms with Crippen LogP contribution in [-0.2, 0) is 4.79 Å². The van der Waals surface area contributed by atoms with Gasteiger partial charge >= 0.3 is 5.97 Å². The second-order valence-electron chi connectivity index (χ2n) is 2.94. The van der Waals surface area contributed by atoms with E-state index in [4.69, 9.17) is 5.11 Å². The number of carbonyl (C=O) groups is 1. The summed E-state index contributed by atoms with van der Waals surface area (Å²) in [5, 5.41) is 8.41. The number of rotatable bonds is 4. The predicted molar refractivity (Wildman–Crippen MR) is 45.2 cm³/mol. The molecule has 0 bridgehead atoms. The lowest BCUT2D eigenvalue weighted by Crippen LogP contribution is -2.15. The molecular formula is C9H8F3NO2. The summed E-state index contributed by atoms with van der Waals surface area (Å²) in [6, 6.07) is 1.06. The van der Waals surface area contributed by atoms with Gasteiger partial charge in [0.1, 0.15) is 5.82 Å². The summed E-state index contributed by atoms with van der Waals surface area (Å²) in [5.41, 5.74) is -0.317. The molecule has 0 fully saturated rings. The van der Waals surface area contributed by atoms with Crippen LogP contribution in [0.25, 0.3) is 0 Å². The summed E-state index contributed by atoms with van der Waals surface area (Å²) in [5.74, 6) is -3.94. The molecule has 1 unspecified atom stereocenters. The van der Waals surface area contributed by atoms with Crippen molar-refractivity contribution in [2.45, 2.75) is 18.8 Å². The number of aliphatic carboxylic acids is 1. The van der Waals surface area contributed by atoms with E-state index in [2.05, 4.69) is 4.98 Å². The molecule has 1 aromatic rings. The van der Waals surface area contributed by atoms with Crippen LogP contribution >= 0.6 is 0 Å². The molecule has 0 amide bonds. The van der Waals surface area contributed by atoms with Gasteiger partial charge in [-0.25, -0.2) is 13.2 Å². The minimum Gasteiger partial charge on any atom is -0.481 e. The maximum Gasteiger partial charge on any atom is 0.304 e. The quantitative estimate of drug-likeness (QED) is 0.842. The van der Waals surface area contributed by atoms with Crippen molar-refractivity contribution in [3.05, 3.63) is 29.8 Å². The van der Waals surface area contributed by atoms with Gasteiger partial charge in [-0.2, -0.15) is 0 Å². The number of hydrogen-bond acceptors (Lipinski definition) is 2. The molecule has 82 valence electrons. The van der Waals surface area contributed by atoms with Crippen molar-refractivity contribution in [2.75, 3.05) is 0 Å². The van der Waals surface area contributed by atoms with Crippen LogP contribution in [-0.4, -0.2) is 22.5 Å². The number of aromatic nitrogens is 1. The fraction of sp³-hybridized carbons (Fsp3) is 0.333. The molecule has 0 radical (unpaired) electrons. The smallest absolute Gasteiger partial charge is 0.304 e. The first-order chi connectivity index (χ1) is 7.02. The van der Waals surface area contributed by atoms with Gasteiger partial charge in [0, 0.05) is 11.8 Å². The first kappa shape index (κ1) is 11.5. The molecule has 1 heterocycles. The van der Waals surface area contributed by atoms with E-state index >= 15 is 0 Å². The molecule has 0 saturated heterocycles. The number of nitrogens with zero attached hydrogens (tertiary/aromatic N) is 1. The molecule has 0 spiro atoms. The van der Waals surface area contributed by atoms with Crippen LogP contribution in [0.5, 0.6) is 0 Å². The first-order valence-corrected chi connectivity index (χ1v) is 4.11. The van der Waals surface area contributed by atoms with Crippen molar-refractivity contribution in [1.82, 2.24) is 4.98 Å². The molecular weight excluding hydrogens is 211 g/mol. The normalized spacial score (nSPS) is 12.8. The minimum atomic E-state index is -2.92. The monoisotopic (exact) mass is 219 g/mol. The Labute approximate surface area is 83.6 Å². The van der Waals surface area contributed by atoms with Crippen molar-refractivity contribution in [3.8, 4) is 0 Å². The Morgan fingerprint density at radius 3 is 2.67 bits per heavy atom. The third kappa shape index (κ3) is 2.93. The third-order valence-electron chi connectivity index (χ3n) is 1.90. The number of alkyl halides is 2. The highest BCUT2D eigenvalue weighted by molar-refractivity contribution is 5.68. The summed E-state index contributed by atoms with van der Waals surface area (Å²) < 4.78 is 38.0. The lowest BCUT2D eigenvalue weighted by molar-refractivity contribution is -0.138. The lowest BCUT2D eigenvalue weighted by atomic mass is 9.97. The van der Waals surface area contributed by atoms with Gasteiger partial charge in [-0.15, -0.1) is 0 Å². The van der Waals surface area contributed by atoms with Gasteiger partial charge in [0.2, 0.25) is 6.43 Å². The molecule has 0 aliphatic carbocycles. The van der Waals surface area contributed by atoms with Crippen LogP contribution < -0.4 is 0 Å². The van der Waals surface area contributed by atoms with E-state index in [0.717, 1.165) is 18.5 Å². The molecule has 0 aliphatic heterocycles. The van der Waals surface area contributed by atoms with Crippen molar-refractivity contribution in [2.24, 2.45) is 0 Å². The largest absolute Gasteiger partial charge is 0.481 e. The number of halogens is 3. The SMILES string of the molecule is O=C(O)CC(c1ccncc1F)C(F)F. The highest BCUT2D eigenvalue weighted by Gasteiger charge is 2.27. The van der Waals surface area contributed by atoms with Gasteiger partial charge in [-0.1, -0.05) is 0 Å². The Balaban J connectivity index is 2.99. The molecule has 0 aliphatic rings. The Hall–Kier alpha value is -1.59. The molecule has 3 nitrogen and oxygen atoms in total. The fourth-order valence-electron chi connectivity index (χ4n) is 1.21. The summed E-state index contributed by atoms with van der Waals surface area (Å²) in [4.78, 5) is 13.7. The molecule has 1 atom stereocenters. The third-order valence-corrected chi connectivity index (χ3v) is 1.90. The standard InChI is InChI=1S/C9H8F3NO2/c10-7-4-13-2-1-5(7)6(9(11)12)3-8(14)15/h1-2,4,6,9H,3H2,(H,14,15). The summed E-state index contributed by atoms with van der Waals surface area (Å²) in [6.45, 7) is 0. The Morgan fingerprint density at radius 2 is 2.20 bits per heavy atom. The van der Waals surface area contributed by atoms with Gasteiger partial charge in [-0.05, 0) is 6.07 Å². The first-order valence-electron chi connectivity index (χ1n) is 4.11.